The quantitative estimate of drug-likeness (QED) is 0.485. The Bertz CT molecular complexity index is 930. The third-order valence-electron chi connectivity index (χ3n) is 3.36. The van der Waals surface area contributed by atoms with Gasteiger partial charge in [-0.05, 0) is 24.3 Å². The van der Waals surface area contributed by atoms with E-state index in [1.807, 2.05) is 0 Å². The second kappa shape index (κ2) is 8.35. The standard InChI is InChI=1S/C18H12F6N4O2/c19-17(20,21)29-13-5-1-3-11(9-13)27-15-16(26-8-7-25-15)28-12-4-2-6-14(10-12)30-18(22,23)24/h1-10H,(H,25,27)(H,26,28). The van der Waals surface area contributed by atoms with Gasteiger partial charge in [0.2, 0.25) is 0 Å². The van der Waals surface area contributed by atoms with Crippen molar-refractivity contribution in [3.8, 4) is 11.5 Å². The maximum absolute atomic E-state index is 12.4. The zero-order valence-electron chi connectivity index (χ0n) is 14.8. The summed E-state index contributed by atoms with van der Waals surface area (Å²) < 4.78 is 82.0. The SMILES string of the molecule is FC(F)(F)Oc1cccc(Nc2nccnc2Nc2cccc(OC(F)(F)F)c2)c1. The van der Waals surface area contributed by atoms with E-state index in [1.54, 1.807) is 0 Å². The molecule has 12 heteroatoms. The minimum Gasteiger partial charge on any atom is -0.406 e. The summed E-state index contributed by atoms with van der Waals surface area (Å²) in [7, 11) is 0. The van der Waals surface area contributed by atoms with Gasteiger partial charge >= 0.3 is 12.7 Å². The molecule has 6 nitrogen and oxygen atoms in total. The number of halogens is 6. The fraction of sp³-hybridized carbons (Fsp3) is 0.111. The van der Waals surface area contributed by atoms with Gasteiger partial charge in [0.25, 0.3) is 0 Å². The molecule has 30 heavy (non-hydrogen) atoms. The van der Waals surface area contributed by atoms with E-state index in [9.17, 15) is 26.3 Å². The average molecular weight is 430 g/mol. The number of hydrogen-bond acceptors (Lipinski definition) is 6. The second-order valence-corrected chi connectivity index (χ2v) is 5.65. The zero-order valence-corrected chi connectivity index (χ0v) is 14.8. The van der Waals surface area contributed by atoms with Crippen molar-refractivity contribution in [1.82, 2.24) is 9.97 Å². The minimum atomic E-state index is -4.85. The predicted octanol–water partition coefficient (Wildman–Crippen LogP) is 5.76. The molecule has 2 N–H and O–H groups in total. The van der Waals surface area contributed by atoms with Crippen molar-refractivity contribution in [2.45, 2.75) is 12.7 Å². The van der Waals surface area contributed by atoms with Gasteiger partial charge < -0.3 is 20.1 Å². The largest absolute Gasteiger partial charge is 0.573 e. The first-order valence-electron chi connectivity index (χ1n) is 8.14. The van der Waals surface area contributed by atoms with Gasteiger partial charge in [-0.1, -0.05) is 12.1 Å². The Morgan fingerprint density at radius 2 is 1.03 bits per heavy atom. The number of nitrogens with zero attached hydrogens (tertiary/aromatic N) is 2. The van der Waals surface area contributed by atoms with E-state index in [0.29, 0.717) is 0 Å². The Labute approximate surface area is 165 Å². The highest BCUT2D eigenvalue weighted by atomic mass is 19.4. The van der Waals surface area contributed by atoms with Crippen molar-refractivity contribution in [3.63, 3.8) is 0 Å². The molecule has 0 bridgehead atoms. The van der Waals surface area contributed by atoms with Crippen LogP contribution in [0.2, 0.25) is 0 Å². The number of anilines is 4. The predicted molar refractivity (Wildman–Crippen MR) is 94.8 cm³/mol. The number of aromatic nitrogens is 2. The number of alkyl halides is 6. The number of ether oxygens (including phenoxy) is 2. The monoisotopic (exact) mass is 430 g/mol. The number of hydrogen-bond donors (Lipinski definition) is 2. The minimum absolute atomic E-state index is 0.115. The van der Waals surface area contributed by atoms with Crippen molar-refractivity contribution in [3.05, 3.63) is 60.9 Å². The Morgan fingerprint density at radius 3 is 1.40 bits per heavy atom. The van der Waals surface area contributed by atoms with Crippen LogP contribution in [-0.2, 0) is 0 Å². The van der Waals surface area contributed by atoms with Crippen LogP contribution in [-0.4, -0.2) is 22.7 Å². The van der Waals surface area contributed by atoms with Gasteiger partial charge in [0.05, 0.1) is 0 Å². The number of rotatable bonds is 6. The molecular weight excluding hydrogens is 418 g/mol. The normalized spacial score (nSPS) is 11.7. The summed E-state index contributed by atoms with van der Waals surface area (Å²) in [4.78, 5) is 8.09. The van der Waals surface area contributed by atoms with Crippen LogP contribution in [0.5, 0.6) is 11.5 Å². The van der Waals surface area contributed by atoms with Gasteiger partial charge in [-0.25, -0.2) is 9.97 Å². The maximum atomic E-state index is 12.4. The van der Waals surface area contributed by atoms with Gasteiger partial charge in [0.15, 0.2) is 11.6 Å². The van der Waals surface area contributed by atoms with Crippen LogP contribution in [0, 0.1) is 0 Å². The molecule has 0 atom stereocenters. The van der Waals surface area contributed by atoms with E-state index in [2.05, 4.69) is 30.1 Å². The molecule has 0 spiro atoms. The highest BCUT2D eigenvalue weighted by Gasteiger charge is 2.31. The first-order chi connectivity index (χ1) is 14.1. The lowest BCUT2D eigenvalue weighted by Crippen LogP contribution is -2.17. The molecule has 0 unspecified atom stereocenters. The molecule has 1 aromatic heterocycles. The zero-order chi connectivity index (χ0) is 21.8. The Morgan fingerprint density at radius 1 is 0.633 bits per heavy atom. The van der Waals surface area contributed by atoms with Crippen molar-refractivity contribution in [2.75, 3.05) is 10.6 Å². The van der Waals surface area contributed by atoms with Crippen molar-refractivity contribution in [1.29, 1.82) is 0 Å². The van der Waals surface area contributed by atoms with Crippen LogP contribution >= 0.6 is 0 Å². The van der Waals surface area contributed by atoms with Gasteiger partial charge in [-0.3, -0.25) is 0 Å². The Kier molecular flexibility index (Phi) is 5.85. The highest BCUT2D eigenvalue weighted by Crippen LogP contribution is 2.30. The van der Waals surface area contributed by atoms with E-state index in [0.717, 1.165) is 24.3 Å². The Balaban J connectivity index is 1.79. The summed E-state index contributed by atoms with van der Waals surface area (Å²) in [5.74, 6) is -0.654. The van der Waals surface area contributed by atoms with Crippen LogP contribution in [0.25, 0.3) is 0 Å². The third kappa shape index (κ3) is 6.43. The topological polar surface area (TPSA) is 68.3 Å². The molecule has 0 aliphatic heterocycles. The average Bonchev–Trinajstić information content (AvgIpc) is 2.61. The summed E-state index contributed by atoms with van der Waals surface area (Å²) in [5, 5.41) is 5.55. The Hall–Kier alpha value is -3.70. The van der Waals surface area contributed by atoms with Crippen LogP contribution in [0.1, 0.15) is 0 Å². The first-order valence-corrected chi connectivity index (χ1v) is 8.14. The van der Waals surface area contributed by atoms with Crippen molar-refractivity contribution in [2.24, 2.45) is 0 Å². The fourth-order valence-electron chi connectivity index (χ4n) is 2.34. The lowest BCUT2D eigenvalue weighted by atomic mass is 10.3. The van der Waals surface area contributed by atoms with E-state index in [4.69, 9.17) is 0 Å². The van der Waals surface area contributed by atoms with Gasteiger partial charge in [0, 0.05) is 35.9 Å². The molecule has 3 aromatic rings. The smallest absolute Gasteiger partial charge is 0.406 e. The van der Waals surface area contributed by atoms with Crippen molar-refractivity contribution >= 4 is 23.0 Å². The fourth-order valence-corrected chi connectivity index (χ4v) is 2.34. The van der Waals surface area contributed by atoms with Crippen LogP contribution in [0.15, 0.2) is 60.9 Å². The van der Waals surface area contributed by atoms with Crippen LogP contribution in [0.3, 0.4) is 0 Å². The third-order valence-corrected chi connectivity index (χ3v) is 3.36. The molecule has 1 heterocycles. The van der Waals surface area contributed by atoms with E-state index < -0.39 is 24.2 Å². The molecule has 0 saturated heterocycles. The molecule has 0 fully saturated rings. The second-order valence-electron chi connectivity index (χ2n) is 5.65. The molecule has 0 radical (unpaired) electrons. The van der Waals surface area contributed by atoms with Crippen LogP contribution < -0.4 is 20.1 Å². The van der Waals surface area contributed by atoms with Gasteiger partial charge in [-0.15, -0.1) is 26.3 Å². The lowest BCUT2D eigenvalue weighted by molar-refractivity contribution is -0.275. The van der Waals surface area contributed by atoms with Gasteiger partial charge in [0.1, 0.15) is 11.5 Å². The summed E-state index contributed by atoms with van der Waals surface area (Å²) in [6, 6.07) is 10.1. The molecule has 158 valence electrons. The highest BCUT2D eigenvalue weighted by molar-refractivity contribution is 5.72. The maximum Gasteiger partial charge on any atom is 0.573 e. The summed E-state index contributed by atoms with van der Waals surface area (Å²) in [6.07, 6.45) is -7.04. The van der Waals surface area contributed by atoms with Crippen LogP contribution in [0.4, 0.5) is 49.4 Å². The molecule has 0 aliphatic rings. The molecular formula is C18H12F6N4O2. The van der Waals surface area contributed by atoms with Crippen molar-refractivity contribution < 1.29 is 35.8 Å². The van der Waals surface area contributed by atoms with E-state index in [1.165, 1.54) is 36.7 Å². The number of nitrogens with one attached hydrogen (secondary N) is 2. The molecule has 0 amide bonds. The van der Waals surface area contributed by atoms with E-state index in [-0.39, 0.29) is 23.0 Å². The molecule has 2 aromatic carbocycles. The first kappa shape index (κ1) is 21.0. The lowest BCUT2D eigenvalue weighted by Gasteiger charge is -2.14. The number of benzene rings is 2. The molecule has 0 aliphatic carbocycles. The summed E-state index contributed by atoms with van der Waals surface area (Å²) in [6.45, 7) is 0. The van der Waals surface area contributed by atoms with Gasteiger partial charge in [-0.2, -0.15) is 0 Å². The van der Waals surface area contributed by atoms with E-state index >= 15 is 0 Å². The summed E-state index contributed by atoms with van der Waals surface area (Å²) in [5.41, 5.74) is 0.434. The molecule has 0 saturated carbocycles. The summed E-state index contributed by atoms with van der Waals surface area (Å²) >= 11 is 0. The molecule has 3 rings (SSSR count).